The fourth-order valence-electron chi connectivity index (χ4n) is 3.96. The molecule has 0 bridgehead atoms. The predicted molar refractivity (Wildman–Crippen MR) is 103 cm³/mol. The van der Waals surface area contributed by atoms with Gasteiger partial charge < -0.3 is 4.74 Å². The molecule has 2 aromatic heterocycles. The van der Waals surface area contributed by atoms with E-state index in [1.54, 1.807) is 12.3 Å². The van der Waals surface area contributed by atoms with Gasteiger partial charge in [-0.3, -0.25) is 14.0 Å². The van der Waals surface area contributed by atoms with E-state index in [0.29, 0.717) is 11.3 Å². The van der Waals surface area contributed by atoms with Gasteiger partial charge in [0.2, 0.25) is 0 Å². The summed E-state index contributed by atoms with van der Waals surface area (Å²) in [5.74, 6) is -0.225. The van der Waals surface area contributed by atoms with Gasteiger partial charge in [-0.1, -0.05) is 49.2 Å². The molecular formula is C22H22N2O3. The number of hydrogen-bond acceptors (Lipinski definition) is 4. The van der Waals surface area contributed by atoms with E-state index in [2.05, 4.69) is 4.98 Å². The van der Waals surface area contributed by atoms with Crippen LogP contribution < -0.4 is 5.56 Å². The molecular weight excluding hydrogens is 340 g/mol. The fourth-order valence-corrected chi connectivity index (χ4v) is 3.96. The Labute approximate surface area is 157 Å². The Kier molecular flexibility index (Phi) is 4.52. The highest BCUT2D eigenvalue weighted by Crippen LogP contribution is 2.42. The van der Waals surface area contributed by atoms with Crippen LogP contribution in [0.2, 0.25) is 0 Å². The molecule has 0 aliphatic heterocycles. The van der Waals surface area contributed by atoms with Gasteiger partial charge in [0.05, 0.1) is 11.1 Å². The molecule has 0 unspecified atom stereocenters. The zero-order valence-electron chi connectivity index (χ0n) is 15.4. The summed E-state index contributed by atoms with van der Waals surface area (Å²) in [7, 11) is 0. The van der Waals surface area contributed by atoms with Crippen LogP contribution in [0.15, 0.2) is 59.5 Å². The normalized spacial score (nSPS) is 15.7. The van der Waals surface area contributed by atoms with Gasteiger partial charge >= 0.3 is 5.97 Å². The number of benzene rings is 1. The first-order valence-corrected chi connectivity index (χ1v) is 9.30. The maximum atomic E-state index is 13.0. The third-order valence-electron chi connectivity index (χ3n) is 5.39. The first kappa shape index (κ1) is 17.5. The highest BCUT2D eigenvalue weighted by Gasteiger charge is 2.44. The molecule has 1 fully saturated rings. The number of pyridine rings is 1. The van der Waals surface area contributed by atoms with Gasteiger partial charge in [0.25, 0.3) is 5.56 Å². The van der Waals surface area contributed by atoms with Crippen molar-refractivity contribution in [2.45, 2.75) is 44.6 Å². The van der Waals surface area contributed by atoms with Crippen molar-refractivity contribution in [3.8, 4) is 0 Å². The van der Waals surface area contributed by atoms with Crippen LogP contribution in [0.25, 0.3) is 5.65 Å². The minimum atomic E-state index is -0.579. The van der Waals surface area contributed by atoms with Crippen LogP contribution >= 0.6 is 0 Å². The molecule has 2 heterocycles. The number of fused-ring (bicyclic) bond motifs is 1. The van der Waals surface area contributed by atoms with Crippen LogP contribution in [0.1, 0.15) is 42.5 Å². The van der Waals surface area contributed by atoms with Crippen molar-refractivity contribution in [1.29, 1.82) is 0 Å². The summed E-state index contributed by atoms with van der Waals surface area (Å²) in [6, 6.07) is 15.0. The average Bonchev–Trinajstić information content (AvgIpc) is 3.19. The Morgan fingerprint density at radius 3 is 2.63 bits per heavy atom. The summed E-state index contributed by atoms with van der Waals surface area (Å²) in [4.78, 5) is 29.8. The Balaban J connectivity index is 1.57. The maximum Gasteiger partial charge on any atom is 0.316 e. The molecule has 0 radical (unpaired) electrons. The Morgan fingerprint density at radius 1 is 1.15 bits per heavy atom. The molecule has 1 aliphatic rings. The number of carbonyl (C=O) groups excluding carboxylic acids is 1. The van der Waals surface area contributed by atoms with Crippen molar-refractivity contribution >= 4 is 11.6 Å². The number of carbonyl (C=O) groups is 1. The van der Waals surface area contributed by atoms with Crippen LogP contribution in [-0.4, -0.2) is 15.4 Å². The molecule has 0 amide bonds. The zero-order valence-corrected chi connectivity index (χ0v) is 15.4. The Hall–Kier alpha value is -2.95. The largest absolute Gasteiger partial charge is 0.458 e. The zero-order chi connectivity index (χ0) is 18.9. The van der Waals surface area contributed by atoms with Gasteiger partial charge in [0.1, 0.15) is 12.3 Å². The molecule has 0 spiro atoms. The Bertz CT molecular complexity index is 1030. The van der Waals surface area contributed by atoms with Gasteiger partial charge in [0.15, 0.2) is 0 Å². The minimum absolute atomic E-state index is 0.00698. The number of ether oxygens (including phenoxy) is 1. The minimum Gasteiger partial charge on any atom is -0.458 e. The first-order chi connectivity index (χ1) is 13.1. The van der Waals surface area contributed by atoms with Crippen molar-refractivity contribution in [2.24, 2.45) is 0 Å². The van der Waals surface area contributed by atoms with Gasteiger partial charge in [-0.2, -0.15) is 0 Å². The van der Waals surface area contributed by atoms with Crippen LogP contribution in [0.3, 0.4) is 0 Å². The van der Waals surface area contributed by atoms with E-state index in [1.807, 2.05) is 43.3 Å². The molecule has 1 aliphatic carbocycles. The lowest BCUT2D eigenvalue weighted by atomic mass is 9.79. The third-order valence-corrected chi connectivity index (χ3v) is 5.39. The molecule has 1 saturated carbocycles. The highest BCUT2D eigenvalue weighted by atomic mass is 16.5. The van der Waals surface area contributed by atoms with E-state index in [4.69, 9.17) is 4.74 Å². The highest BCUT2D eigenvalue weighted by molar-refractivity contribution is 5.83. The van der Waals surface area contributed by atoms with Gasteiger partial charge in [-0.05, 0) is 37.0 Å². The number of hydrogen-bond donors (Lipinski definition) is 0. The van der Waals surface area contributed by atoms with E-state index < -0.39 is 5.41 Å². The third kappa shape index (κ3) is 3.25. The predicted octanol–water partition coefficient (Wildman–Crippen LogP) is 3.56. The quantitative estimate of drug-likeness (QED) is 0.666. The van der Waals surface area contributed by atoms with Crippen molar-refractivity contribution in [3.63, 3.8) is 0 Å². The molecule has 4 rings (SSSR count). The fraction of sp³-hybridized carbons (Fsp3) is 0.318. The first-order valence-electron chi connectivity index (χ1n) is 9.30. The summed E-state index contributed by atoms with van der Waals surface area (Å²) in [6.07, 6.45) is 5.37. The lowest BCUT2D eigenvalue weighted by Gasteiger charge is -2.27. The van der Waals surface area contributed by atoms with Gasteiger partial charge in [0, 0.05) is 12.3 Å². The van der Waals surface area contributed by atoms with Crippen molar-refractivity contribution in [1.82, 2.24) is 9.38 Å². The molecule has 5 nitrogen and oxygen atoms in total. The van der Waals surface area contributed by atoms with Crippen LogP contribution in [0, 0.1) is 6.92 Å². The number of nitrogens with zero attached hydrogens (tertiary/aromatic N) is 2. The molecule has 5 heteroatoms. The lowest BCUT2D eigenvalue weighted by Crippen LogP contribution is -2.34. The topological polar surface area (TPSA) is 60.7 Å². The molecule has 0 N–H and O–H groups in total. The van der Waals surface area contributed by atoms with Crippen LogP contribution in [0.4, 0.5) is 0 Å². The Morgan fingerprint density at radius 2 is 1.89 bits per heavy atom. The SMILES string of the molecule is Cc1ccc2nc(COC(=O)C3(c4ccccc4)CCCC3)cc(=O)n2c1. The molecule has 0 saturated heterocycles. The molecule has 0 atom stereocenters. The van der Waals surface area contributed by atoms with Crippen molar-refractivity contribution in [2.75, 3.05) is 0 Å². The summed E-state index contributed by atoms with van der Waals surface area (Å²) in [5, 5.41) is 0. The number of esters is 1. The second-order valence-electron chi connectivity index (χ2n) is 7.25. The summed E-state index contributed by atoms with van der Waals surface area (Å²) in [5.41, 5.74) is 2.26. The summed E-state index contributed by atoms with van der Waals surface area (Å²) < 4.78 is 7.15. The van der Waals surface area contributed by atoms with Gasteiger partial charge in [-0.25, -0.2) is 4.98 Å². The molecule has 138 valence electrons. The number of aryl methyl sites for hydroxylation is 1. The van der Waals surface area contributed by atoms with E-state index in [0.717, 1.165) is 36.8 Å². The number of rotatable bonds is 4. The van der Waals surface area contributed by atoms with Crippen LogP contribution in [0.5, 0.6) is 0 Å². The van der Waals surface area contributed by atoms with E-state index >= 15 is 0 Å². The monoisotopic (exact) mass is 362 g/mol. The lowest BCUT2D eigenvalue weighted by molar-refractivity contribution is -0.152. The average molecular weight is 362 g/mol. The van der Waals surface area contributed by atoms with E-state index in [9.17, 15) is 9.59 Å². The molecule has 3 aromatic rings. The smallest absolute Gasteiger partial charge is 0.316 e. The summed E-state index contributed by atoms with van der Waals surface area (Å²) >= 11 is 0. The second-order valence-corrected chi connectivity index (χ2v) is 7.25. The standard InChI is InChI=1S/C22H22N2O3/c1-16-9-10-19-23-18(13-20(25)24(19)14-16)15-27-21(26)22(11-5-6-12-22)17-7-3-2-4-8-17/h2-4,7-10,13-14H,5-6,11-12,15H2,1H3. The number of aromatic nitrogens is 2. The molecule has 1 aromatic carbocycles. The van der Waals surface area contributed by atoms with Crippen molar-refractivity contribution < 1.29 is 9.53 Å². The van der Waals surface area contributed by atoms with Crippen LogP contribution in [-0.2, 0) is 21.6 Å². The second kappa shape index (κ2) is 6.99. The van der Waals surface area contributed by atoms with E-state index in [-0.39, 0.29) is 18.1 Å². The maximum absolute atomic E-state index is 13.0. The summed E-state index contributed by atoms with van der Waals surface area (Å²) in [6.45, 7) is 1.93. The van der Waals surface area contributed by atoms with E-state index in [1.165, 1.54) is 10.5 Å². The van der Waals surface area contributed by atoms with Crippen molar-refractivity contribution in [3.05, 3.63) is 81.9 Å². The molecule has 27 heavy (non-hydrogen) atoms. The van der Waals surface area contributed by atoms with Gasteiger partial charge in [-0.15, -0.1) is 0 Å².